The van der Waals surface area contributed by atoms with Crippen LogP contribution in [0.3, 0.4) is 0 Å². The minimum Gasteiger partial charge on any atom is -0.491 e. The predicted molar refractivity (Wildman–Crippen MR) is 91.5 cm³/mol. The fraction of sp³-hybridized carbons (Fsp3) is 0.500. The number of likely N-dealkylation sites (tertiary alicyclic amines) is 1. The molecule has 7 heteroatoms. The van der Waals surface area contributed by atoms with Crippen molar-refractivity contribution in [2.45, 2.75) is 45.2 Å². The van der Waals surface area contributed by atoms with Gasteiger partial charge in [0.2, 0.25) is 5.91 Å². The highest BCUT2D eigenvalue weighted by molar-refractivity contribution is 5.76. The summed E-state index contributed by atoms with van der Waals surface area (Å²) in [6.07, 6.45) is 3.36. The van der Waals surface area contributed by atoms with Gasteiger partial charge in [0.15, 0.2) is 5.75 Å². The van der Waals surface area contributed by atoms with E-state index in [1.54, 1.807) is 23.2 Å². The minimum absolute atomic E-state index is 0.0125. The number of carbonyl (C=O) groups is 1. The van der Waals surface area contributed by atoms with Gasteiger partial charge in [0.1, 0.15) is 18.0 Å². The molecule has 1 unspecified atom stereocenters. The molecule has 1 amide bonds. The topological polar surface area (TPSA) is 77.6 Å². The van der Waals surface area contributed by atoms with Crippen LogP contribution in [0.5, 0.6) is 5.75 Å². The summed E-state index contributed by atoms with van der Waals surface area (Å²) in [4.78, 5) is 26.8. The predicted octanol–water partition coefficient (Wildman–Crippen LogP) is 2.33. The first-order valence-corrected chi connectivity index (χ1v) is 8.50. The molecule has 25 heavy (non-hydrogen) atoms. The number of ether oxygens (including phenoxy) is 1. The van der Waals surface area contributed by atoms with Gasteiger partial charge in [-0.3, -0.25) is 9.59 Å². The van der Waals surface area contributed by atoms with Crippen LogP contribution in [0.1, 0.15) is 50.1 Å². The van der Waals surface area contributed by atoms with Crippen molar-refractivity contribution in [2.75, 3.05) is 13.7 Å². The van der Waals surface area contributed by atoms with Crippen molar-refractivity contribution < 1.29 is 14.1 Å². The summed E-state index contributed by atoms with van der Waals surface area (Å²) in [5.74, 6) is 1.19. The summed E-state index contributed by atoms with van der Waals surface area (Å²) >= 11 is 0. The van der Waals surface area contributed by atoms with Gasteiger partial charge in [0.05, 0.1) is 13.2 Å². The lowest BCUT2D eigenvalue weighted by molar-refractivity contribution is -0.132. The van der Waals surface area contributed by atoms with Gasteiger partial charge in [0.25, 0.3) is 5.56 Å². The van der Waals surface area contributed by atoms with Crippen LogP contribution in [-0.2, 0) is 11.3 Å². The molecule has 1 aliphatic rings. The van der Waals surface area contributed by atoms with Gasteiger partial charge in [-0.05, 0) is 25.0 Å². The smallest absolute Gasteiger partial charge is 0.293 e. The lowest BCUT2D eigenvalue weighted by atomic mass is 10.1. The average Bonchev–Trinajstić information content (AvgIpc) is 3.25. The van der Waals surface area contributed by atoms with Gasteiger partial charge in [0, 0.05) is 24.7 Å². The molecule has 0 saturated carbocycles. The minimum atomic E-state index is -0.308. The second-order valence-corrected chi connectivity index (χ2v) is 6.56. The summed E-state index contributed by atoms with van der Waals surface area (Å²) < 4.78 is 11.8. The van der Waals surface area contributed by atoms with Gasteiger partial charge in [-0.1, -0.05) is 19.0 Å². The molecule has 1 aliphatic heterocycles. The van der Waals surface area contributed by atoms with E-state index < -0.39 is 0 Å². The van der Waals surface area contributed by atoms with Crippen LogP contribution in [0.4, 0.5) is 0 Å². The molecule has 0 spiro atoms. The molecule has 3 rings (SSSR count). The summed E-state index contributed by atoms with van der Waals surface area (Å²) in [6, 6.07) is 5.12. The second-order valence-electron chi connectivity index (χ2n) is 6.56. The van der Waals surface area contributed by atoms with E-state index in [2.05, 4.69) is 5.16 Å². The Kier molecular flexibility index (Phi) is 4.92. The van der Waals surface area contributed by atoms with Crippen LogP contribution >= 0.6 is 0 Å². The third-order valence-corrected chi connectivity index (χ3v) is 4.54. The molecular weight excluding hydrogens is 322 g/mol. The Balaban J connectivity index is 1.78. The van der Waals surface area contributed by atoms with Gasteiger partial charge >= 0.3 is 0 Å². The number of nitrogens with zero attached hydrogens (tertiary/aromatic N) is 3. The molecule has 0 radical (unpaired) electrons. The maximum atomic E-state index is 12.8. The molecule has 7 nitrogen and oxygen atoms in total. The van der Waals surface area contributed by atoms with Crippen molar-refractivity contribution in [1.82, 2.24) is 14.6 Å². The Hall–Kier alpha value is -2.57. The van der Waals surface area contributed by atoms with E-state index in [9.17, 15) is 9.59 Å². The Morgan fingerprint density at radius 2 is 2.28 bits per heavy atom. The lowest BCUT2D eigenvalue weighted by Crippen LogP contribution is -2.36. The van der Waals surface area contributed by atoms with Crippen molar-refractivity contribution in [3.63, 3.8) is 0 Å². The van der Waals surface area contributed by atoms with E-state index in [0.29, 0.717) is 6.54 Å². The van der Waals surface area contributed by atoms with Crippen molar-refractivity contribution in [3.05, 3.63) is 46.2 Å². The summed E-state index contributed by atoms with van der Waals surface area (Å²) in [6.45, 7) is 4.72. The van der Waals surface area contributed by atoms with E-state index >= 15 is 0 Å². The first-order chi connectivity index (χ1) is 12.0. The summed E-state index contributed by atoms with van der Waals surface area (Å²) in [7, 11) is 1.44. The SMILES string of the molecule is COc1cccn(CC(=O)N2CCCC2c2cc(C(C)C)on2)c1=O. The van der Waals surface area contributed by atoms with Gasteiger partial charge in [-0.2, -0.15) is 0 Å². The summed E-state index contributed by atoms with van der Waals surface area (Å²) in [5.41, 5.74) is 0.477. The molecule has 1 saturated heterocycles. The Morgan fingerprint density at radius 1 is 1.48 bits per heavy atom. The molecule has 1 fully saturated rings. The number of rotatable bonds is 5. The van der Waals surface area contributed by atoms with Gasteiger partial charge in [-0.25, -0.2) is 0 Å². The lowest BCUT2D eigenvalue weighted by Gasteiger charge is -2.23. The fourth-order valence-electron chi connectivity index (χ4n) is 3.14. The monoisotopic (exact) mass is 345 g/mol. The molecule has 0 aliphatic carbocycles. The van der Waals surface area contributed by atoms with Gasteiger partial charge < -0.3 is 18.7 Å². The largest absolute Gasteiger partial charge is 0.491 e. The zero-order chi connectivity index (χ0) is 18.0. The van der Waals surface area contributed by atoms with E-state index in [1.165, 1.54) is 11.7 Å². The Bertz CT molecular complexity index is 809. The molecular formula is C18H23N3O4. The number of hydrogen-bond donors (Lipinski definition) is 0. The zero-order valence-electron chi connectivity index (χ0n) is 14.8. The van der Waals surface area contributed by atoms with Crippen molar-refractivity contribution in [1.29, 1.82) is 0 Å². The zero-order valence-corrected chi connectivity index (χ0v) is 14.8. The first kappa shape index (κ1) is 17.3. The van der Waals surface area contributed by atoms with Crippen LogP contribution in [0.15, 0.2) is 33.7 Å². The van der Waals surface area contributed by atoms with E-state index in [-0.39, 0.29) is 35.7 Å². The van der Waals surface area contributed by atoms with Crippen LogP contribution in [0.2, 0.25) is 0 Å². The molecule has 1 atom stereocenters. The maximum absolute atomic E-state index is 12.8. The van der Waals surface area contributed by atoms with Crippen molar-refractivity contribution in [3.8, 4) is 5.75 Å². The highest BCUT2D eigenvalue weighted by Crippen LogP contribution is 2.32. The second kappa shape index (κ2) is 7.13. The number of methoxy groups -OCH3 is 1. The molecule has 2 aromatic heterocycles. The maximum Gasteiger partial charge on any atom is 0.293 e. The third kappa shape index (κ3) is 3.45. The molecule has 0 aromatic carbocycles. The molecule has 2 aromatic rings. The summed E-state index contributed by atoms with van der Waals surface area (Å²) in [5, 5.41) is 4.15. The molecule has 134 valence electrons. The number of carbonyl (C=O) groups excluding carboxylic acids is 1. The van der Waals surface area contributed by atoms with Gasteiger partial charge in [-0.15, -0.1) is 0 Å². The highest BCUT2D eigenvalue weighted by Gasteiger charge is 2.32. The number of aromatic nitrogens is 2. The van der Waals surface area contributed by atoms with Crippen LogP contribution < -0.4 is 10.3 Å². The standard InChI is InChI=1S/C18H23N3O4/c1-12(2)16-10-13(19-25-16)14-6-4-9-21(14)17(22)11-20-8-5-7-15(24-3)18(20)23/h5,7-8,10,12,14H,4,6,9,11H2,1-3H3. The van der Waals surface area contributed by atoms with Crippen LogP contribution in [0, 0.1) is 0 Å². The van der Waals surface area contributed by atoms with Crippen LogP contribution in [0.25, 0.3) is 0 Å². The Morgan fingerprint density at radius 3 is 2.96 bits per heavy atom. The first-order valence-electron chi connectivity index (χ1n) is 8.50. The molecule has 3 heterocycles. The fourth-order valence-corrected chi connectivity index (χ4v) is 3.14. The number of hydrogen-bond acceptors (Lipinski definition) is 5. The Labute approximate surface area is 146 Å². The number of amides is 1. The van der Waals surface area contributed by atoms with E-state index in [1.807, 2.05) is 19.9 Å². The van der Waals surface area contributed by atoms with E-state index in [4.69, 9.17) is 9.26 Å². The quantitative estimate of drug-likeness (QED) is 0.831. The highest BCUT2D eigenvalue weighted by atomic mass is 16.5. The molecule has 0 bridgehead atoms. The third-order valence-electron chi connectivity index (χ3n) is 4.54. The van der Waals surface area contributed by atoms with Crippen LogP contribution in [-0.4, -0.2) is 34.2 Å². The number of pyridine rings is 1. The normalized spacial score (nSPS) is 17.3. The molecule has 0 N–H and O–H groups in total. The average molecular weight is 345 g/mol. The van der Waals surface area contributed by atoms with E-state index in [0.717, 1.165) is 24.3 Å². The van der Waals surface area contributed by atoms with Crippen molar-refractivity contribution >= 4 is 5.91 Å². The van der Waals surface area contributed by atoms with Crippen molar-refractivity contribution in [2.24, 2.45) is 0 Å².